The number of hydrogen-bond acceptors (Lipinski definition) is 2. The van der Waals surface area contributed by atoms with E-state index < -0.39 is 12.0 Å². The van der Waals surface area contributed by atoms with Crippen molar-refractivity contribution in [3.8, 4) is 0 Å². The molecule has 1 aromatic rings. The summed E-state index contributed by atoms with van der Waals surface area (Å²) in [5, 5.41) is 9.43. The minimum Gasteiger partial charge on any atom is -0.480 e. The van der Waals surface area contributed by atoms with Crippen LogP contribution in [-0.2, 0) is 4.79 Å². The monoisotopic (exact) mass is 245 g/mol. The second-order valence-corrected chi connectivity index (χ2v) is 4.19. The second kappa shape index (κ2) is 6.77. The number of carboxylic acids is 1. The van der Waals surface area contributed by atoms with Gasteiger partial charge in [-0.3, -0.25) is 9.69 Å². The number of benzene rings is 1. The first-order chi connectivity index (χ1) is 8.60. The van der Waals surface area contributed by atoms with Crippen molar-refractivity contribution in [2.75, 3.05) is 13.1 Å². The van der Waals surface area contributed by atoms with E-state index in [1.807, 2.05) is 36.1 Å². The van der Waals surface area contributed by atoms with E-state index in [0.717, 1.165) is 11.1 Å². The zero-order valence-electron chi connectivity index (χ0n) is 10.7. The van der Waals surface area contributed by atoms with Crippen LogP contribution in [0.3, 0.4) is 0 Å². The Morgan fingerprint density at radius 1 is 1.39 bits per heavy atom. The van der Waals surface area contributed by atoms with Gasteiger partial charge in [0.2, 0.25) is 0 Å². The van der Waals surface area contributed by atoms with Crippen LogP contribution in [0.1, 0.15) is 17.2 Å². The van der Waals surface area contributed by atoms with Crippen molar-refractivity contribution >= 4 is 5.97 Å². The van der Waals surface area contributed by atoms with Gasteiger partial charge in [0, 0.05) is 13.1 Å². The number of carboxylic acid groups (broad SMARTS) is 1. The van der Waals surface area contributed by atoms with Crippen molar-refractivity contribution in [3.05, 3.63) is 60.7 Å². The summed E-state index contributed by atoms with van der Waals surface area (Å²) in [5.74, 6) is -0.857. The van der Waals surface area contributed by atoms with Crippen molar-refractivity contribution < 1.29 is 9.90 Å². The molecule has 0 saturated heterocycles. The molecule has 0 aliphatic carbocycles. The number of aliphatic carboxylic acids is 1. The lowest BCUT2D eigenvalue weighted by atomic mass is 10.0. The van der Waals surface area contributed by atoms with Gasteiger partial charge in [-0.25, -0.2) is 0 Å². The Bertz CT molecular complexity index is 430. The quantitative estimate of drug-likeness (QED) is 0.751. The molecule has 0 saturated carbocycles. The molecular weight excluding hydrogens is 226 g/mol. The molecule has 0 aromatic heterocycles. The number of carbonyl (C=O) groups is 1. The van der Waals surface area contributed by atoms with E-state index >= 15 is 0 Å². The third-order valence-electron chi connectivity index (χ3n) is 2.68. The standard InChI is InChI=1S/C15H19NO2/c1-4-9-16(10-5-2)14(15(17)18)13-8-6-7-12(3)11-13/h4-8,11,14H,1-2,9-10H2,3H3,(H,17,18). The molecule has 0 aliphatic rings. The van der Waals surface area contributed by atoms with E-state index in [2.05, 4.69) is 13.2 Å². The molecule has 1 atom stereocenters. The number of hydrogen-bond donors (Lipinski definition) is 1. The molecule has 0 amide bonds. The van der Waals surface area contributed by atoms with E-state index in [0.29, 0.717) is 13.1 Å². The van der Waals surface area contributed by atoms with E-state index in [9.17, 15) is 9.90 Å². The van der Waals surface area contributed by atoms with Gasteiger partial charge < -0.3 is 5.11 Å². The lowest BCUT2D eigenvalue weighted by molar-refractivity contribution is -0.143. The lowest BCUT2D eigenvalue weighted by Gasteiger charge is -2.27. The van der Waals surface area contributed by atoms with E-state index in [-0.39, 0.29) is 0 Å². The molecule has 1 unspecified atom stereocenters. The molecule has 0 aliphatic heterocycles. The second-order valence-electron chi connectivity index (χ2n) is 4.19. The molecule has 18 heavy (non-hydrogen) atoms. The van der Waals surface area contributed by atoms with Crippen molar-refractivity contribution in [2.45, 2.75) is 13.0 Å². The third kappa shape index (κ3) is 3.57. The third-order valence-corrected chi connectivity index (χ3v) is 2.68. The van der Waals surface area contributed by atoms with Crippen LogP contribution in [0.25, 0.3) is 0 Å². The fourth-order valence-corrected chi connectivity index (χ4v) is 1.97. The van der Waals surface area contributed by atoms with Crippen LogP contribution in [0.4, 0.5) is 0 Å². The van der Waals surface area contributed by atoms with Crippen molar-refractivity contribution in [2.24, 2.45) is 0 Å². The lowest BCUT2D eigenvalue weighted by Crippen LogP contribution is -2.34. The van der Waals surface area contributed by atoms with Gasteiger partial charge in [-0.15, -0.1) is 13.2 Å². The molecule has 1 rings (SSSR count). The summed E-state index contributed by atoms with van der Waals surface area (Å²) in [6.07, 6.45) is 3.41. The van der Waals surface area contributed by atoms with Gasteiger partial charge in [0.25, 0.3) is 0 Å². The molecule has 3 nitrogen and oxygen atoms in total. The molecule has 0 bridgehead atoms. The molecular formula is C15H19NO2. The van der Waals surface area contributed by atoms with Gasteiger partial charge in [0.1, 0.15) is 6.04 Å². The summed E-state index contributed by atoms with van der Waals surface area (Å²) in [6, 6.07) is 6.90. The topological polar surface area (TPSA) is 40.5 Å². The average molecular weight is 245 g/mol. The van der Waals surface area contributed by atoms with Crippen LogP contribution >= 0.6 is 0 Å². The van der Waals surface area contributed by atoms with Gasteiger partial charge >= 0.3 is 5.97 Å². The fraction of sp³-hybridized carbons (Fsp3) is 0.267. The Morgan fingerprint density at radius 2 is 2.00 bits per heavy atom. The molecule has 0 spiro atoms. The highest BCUT2D eigenvalue weighted by Crippen LogP contribution is 2.22. The minimum absolute atomic E-state index is 0.511. The first-order valence-electron chi connectivity index (χ1n) is 5.85. The van der Waals surface area contributed by atoms with Gasteiger partial charge in [0.15, 0.2) is 0 Å². The Hall–Kier alpha value is -1.87. The van der Waals surface area contributed by atoms with Crippen LogP contribution in [0.15, 0.2) is 49.6 Å². The smallest absolute Gasteiger partial charge is 0.325 e. The Labute approximate surface area is 108 Å². The Morgan fingerprint density at radius 3 is 2.44 bits per heavy atom. The number of nitrogens with zero attached hydrogens (tertiary/aromatic N) is 1. The number of rotatable bonds is 7. The van der Waals surface area contributed by atoms with E-state index in [4.69, 9.17) is 0 Å². The summed E-state index contributed by atoms with van der Waals surface area (Å²) in [6.45, 7) is 10.3. The zero-order valence-corrected chi connectivity index (χ0v) is 10.7. The van der Waals surface area contributed by atoms with Crippen LogP contribution in [0.2, 0.25) is 0 Å². The van der Waals surface area contributed by atoms with E-state index in [1.165, 1.54) is 0 Å². The first-order valence-corrected chi connectivity index (χ1v) is 5.85. The molecule has 1 N–H and O–H groups in total. The minimum atomic E-state index is -0.857. The SMILES string of the molecule is C=CCN(CC=C)C(C(=O)O)c1cccc(C)c1. The summed E-state index contributed by atoms with van der Waals surface area (Å²) in [4.78, 5) is 13.3. The summed E-state index contributed by atoms with van der Waals surface area (Å²) >= 11 is 0. The van der Waals surface area contributed by atoms with Crippen LogP contribution < -0.4 is 0 Å². The molecule has 1 aromatic carbocycles. The first kappa shape index (κ1) is 14.2. The molecule has 0 radical (unpaired) electrons. The zero-order chi connectivity index (χ0) is 13.5. The van der Waals surface area contributed by atoms with Crippen molar-refractivity contribution in [3.63, 3.8) is 0 Å². The summed E-state index contributed by atoms with van der Waals surface area (Å²) in [5.41, 5.74) is 1.84. The van der Waals surface area contributed by atoms with Crippen molar-refractivity contribution in [1.82, 2.24) is 4.90 Å². The molecule has 0 fully saturated rings. The largest absolute Gasteiger partial charge is 0.480 e. The maximum Gasteiger partial charge on any atom is 0.325 e. The predicted molar refractivity (Wildman–Crippen MR) is 73.5 cm³/mol. The number of aryl methyl sites for hydroxylation is 1. The van der Waals surface area contributed by atoms with Crippen LogP contribution in [0, 0.1) is 6.92 Å². The highest BCUT2D eigenvalue weighted by atomic mass is 16.4. The van der Waals surface area contributed by atoms with Crippen molar-refractivity contribution in [1.29, 1.82) is 0 Å². The maximum absolute atomic E-state index is 11.5. The molecule has 3 heteroatoms. The van der Waals surface area contributed by atoms with Gasteiger partial charge in [0.05, 0.1) is 0 Å². The fourth-order valence-electron chi connectivity index (χ4n) is 1.97. The molecule has 0 heterocycles. The van der Waals surface area contributed by atoms with Gasteiger partial charge in [-0.1, -0.05) is 42.0 Å². The summed E-state index contributed by atoms with van der Waals surface area (Å²) in [7, 11) is 0. The summed E-state index contributed by atoms with van der Waals surface area (Å²) < 4.78 is 0. The highest BCUT2D eigenvalue weighted by molar-refractivity contribution is 5.75. The normalized spacial score (nSPS) is 12.1. The average Bonchev–Trinajstić information content (AvgIpc) is 2.29. The Balaban J connectivity index is 3.10. The maximum atomic E-state index is 11.5. The highest BCUT2D eigenvalue weighted by Gasteiger charge is 2.25. The Kier molecular flexibility index (Phi) is 5.33. The van der Waals surface area contributed by atoms with Gasteiger partial charge in [-0.2, -0.15) is 0 Å². The molecule has 96 valence electrons. The van der Waals surface area contributed by atoms with Gasteiger partial charge in [-0.05, 0) is 12.5 Å². The van der Waals surface area contributed by atoms with Crippen LogP contribution in [-0.4, -0.2) is 29.1 Å². The predicted octanol–water partition coefficient (Wildman–Crippen LogP) is 2.79. The van der Waals surface area contributed by atoms with Crippen LogP contribution in [0.5, 0.6) is 0 Å². The van der Waals surface area contributed by atoms with E-state index in [1.54, 1.807) is 12.2 Å².